The van der Waals surface area contributed by atoms with Crippen LogP contribution >= 0.6 is 8.25 Å². The van der Waals surface area contributed by atoms with Crippen LogP contribution in [0.3, 0.4) is 0 Å². The molecule has 1 unspecified atom stereocenters. The molecule has 17 heavy (non-hydrogen) atoms. The van der Waals surface area contributed by atoms with Crippen LogP contribution in [0.15, 0.2) is 24.3 Å². The van der Waals surface area contributed by atoms with Gasteiger partial charge in [0.2, 0.25) is 5.91 Å². The molecule has 0 bridgehead atoms. The molecule has 0 radical (unpaired) electrons. The summed E-state index contributed by atoms with van der Waals surface area (Å²) >= 11 is 0. The maximum Gasteiger partial charge on any atom is 0.317 e. The zero-order chi connectivity index (χ0) is 12.7. The first-order valence-electron chi connectivity index (χ1n) is 4.87. The Bertz CT molecular complexity index is 392. The van der Waals surface area contributed by atoms with Crippen LogP contribution < -0.4 is 10.1 Å². The highest BCUT2D eigenvalue weighted by molar-refractivity contribution is 7.32. The first-order chi connectivity index (χ1) is 8.11. The Balaban J connectivity index is 2.34. The van der Waals surface area contributed by atoms with Gasteiger partial charge in [0.1, 0.15) is 12.4 Å². The van der Waals surface area contributed by atoms with Crippen molar-refractivity contribution in [3.05, 3.63) is 29.8 Å². The van der Waals surface area contributed by atoms with Crippen LogP contribution in [0, 0.1) is 0 Å². The van der Waals surface area contributed by atoms with Gasteiger partial charge in [0, 0.05) is 6.54 Å². The second-order valence-corrected chi connectivity index (χ2v) is 4.00. The van der Waals surface area contributed by atoms with Crippen LogP contribution in [0.25, 0.3) is 0 Å². The molecule has 94 valence electrons. The van der Waals surface area contributed by atoms with Crippen LogP contribution in [0.1, 0.15) is 5.56 Å². The molecular weight excluding hydrogens is 245 g/mol. The Morgan fingerprint density at radius 1 is 1.41 bits per heavy atom. The first-order valence-corrected chi connectivity index (χ1v) is 6.13. The number of hydrogen-bond donors (Lipinski definition) is 2. The van der Waals surface area contributed by atoms with E-state index in [1.807, 2.05) is 12.1 Å². The third kappa shape index (κ3) is 5.49. The molecule has 1 rings (SSSR count). The summed E-state index contributed by atoms with van der Waals surface area (Å²) in [6, 6.07) is 7.19. The highest BCUT2D eigenvalue weighted by atomic mass is 31.1. The first kappa shape index (κ1) is 13.7. The molecule has 0 saturated carbocycles. The van der Waals surface area contributed by atoms with E-state index in [1.54, 1.807) is 19.2 Å². The van der Waals surface area contributed by atoms with Crippen LogP contribution in [-0.4, -0.2) is 24.5 Å². The molecule has 1 atom stereocenters. The van der Waals surface area contributed by atoms with Crippen LogP contribution in [-0.2, 0) is 20.4 Å². The van der Waals surface area contributed by atoms with Gasteiger partial charge in [-0.1, -0.05) is 12.1 Å². The molecule has 1 amide bonds. The van der Waals surface area contributed by atoms with E-state index in [0.29, 0.717) is 6.54 Å². The monoisotopic (exact) mass is 259 g/mol. The van der Waals surface area contributed by atoms with Gasteiger partial charge in [-0.05, 0) is 17.7 Å². The van der Waals surface area contributed by atoms with Crippen molar-refractivity contribution in [3.8, 4) is 5.75 Å². The number of carbonyl (C=O) groups excluding carboxylic acids is 1. The highest BCUT2D eigenvalue weighted by Crippen LogP contribution is 2.13. The molecule has 6 nitrogen and oxygen atoms in total. The number of amides is 1. The molecule has 0 aromatic heterocycles. The smallest absolute Gasteiger partial charge is 0.317 e. The summed E-state index contributed by atoms with van der Waals surface area (Å²) in [5.41, 5.74) is 0.899. The fourth-order valence-corrected chi connectivity index (χ4v) is 1.38. The van der Waals surface area contributed by atoms with Gasteiger partial charge in [0.25, 0.3) is 0 Å². The number of rotatable bonds is 6. The van der Waals surface area contributed by atoms with E-state index >= 15 is 0 Å². The van der Waals surface area contributed by atoms with Crippen LogP contribution in [0.4, 0.5) is 0 Å². The maximum absolute atomic E-state index is 11.1. The third-order valence-corrected chi connectivity index (χ3v) is 2.37. The van der Waals surface area contributed by atoms with Gasteiger partial charge in [-0.3, -0.25) is 9.36 Å². The van der Waals surface area contributed by atoms with E-state index in [0.717, 1.165) is 11.3 Å². The molecule has 0 heterocycles. The standard InChI is InChI=1S/C10H14NO5P/c1-15-9-4-2-8(3-5-9)6-11-10(12)7-16-17(13)14/h2-5,17H,6-7H2,1H3,(H,11,12)(H,13,14). The Hall–Kier alpha value is -1.36. The van der Waals surface area contributed by atoms with E-state index in [4.69, 9.17) is 9.63 Å². The Morgan fingerprint density at radius 2 is 2.06 bits per heavy atom. The number of methoxy groups -OCH3 is 1. The normalized spacial score (nSPS) is 11.9. The topological polar surface area (TPSA) is 84.9 Å². The van der Waals surface area contributed by atoms with Crippen molar-refractivity contribution in [3.63, 3.8) is 0 Å². The summed E-state index contributed by atoms with van der Waals surface area (Å²) in [6.07, 6.45) is 0. The molecule has 1 aromatic carbocycles. The number of ether oxygens (including phenoxy) is 1. The van der Waals surface area contributed by atoms with Crippen molar-refractivity contribution in [2.75, 3.05) is 13.7 Å². The van der Waals surface area contributed by atoms with E-state index in [9.17, 15) is 9.36 Å². The van der Waals surface area contributed by atoms with E-state index in [2.05, 4.69) is 9.84 Å². The zero-order valence-electron chi connectivity index (χ0n) is 9.30. The molecule has 1 aromatic rings. The molecule has 0 aliphatic rings. The van der Waals surface area contributed by atoms with Gasteiger partial charge in [0.05, 0.1) is 7.11 Å². The summed E-state index contributed by atoms with van der Waals surface area (Å²) in [5.74, 6) is 0.301. The van der Waals surface area contributed by atoms with Crippen molar-refractivity contribution >= 4 is 14.2 Å². The molecule has 2 N–H and O–H groups in total. The minimum atomic E-state index is -3.05. The minimum absolute atomic E-state index is 0.332. The molecule has 0 spiro atoms. The Labute approximate surface area is 99.5 Å². The van der Waals surface area contributed by atoms with Crippen molar-refractivity contribution in [2.24, 2.45) is 0 Å². The number of carbonyl (C=O) groups is 1. The summed E-state index contributed by atoms with van der Waals surface area (Å²) in [4.78, 5) is 19.5. The van der Waals surface area contributed by atoms with Gasteiger partial charge in [-0.2, -0.15) is 0 Å². The van der Waals surface area contributed by atoms with Crippen molar-refractivity contribution in [1.82, 2.24) is 5.32 Å². The number of nitrogens with one attached hydrogen (secondary N) is 1. The van der Waals surface area contributed by atoms with Gasteiger partial charge >= 0.3 is 8.25 Å². The minimum Gasteiger partial charge on any atom is -0.497 e. The quantitative estimate of drug-likeness (QED) is 0.735. The van der Waals surface area contributed by atoms with Crippen molar-refractivity contribution < 1.29 is 23.5 Å². The van der Waals surface area contributed by atoms with E-state index in [-0.39, 0.29) is 0 Å². The fraction of sp³-hybridized carbons (Fsp3) is 0.300. The lowest BCUT2D eigenvalue weighted by Crippen LogP contribution is -2.26. The van der Waals surface area contributed by atoms with Gasteiger partial charge < -0.3 is 19.5 Å². The SMILES string of the molecule is COc1ccc(CNC(=O)CO[PH](=O)O)cc1. The summed E-state index contributed by atoms with van der Waals surface area (Å²) in [6.45, 7) is -0.0804. The Morgan fingerprint density at radius 3 is 2.59 bits per heavy atom. The maximum atomic E-state index is 11.1. The lowest BCUT2D eigenvalue weighted by atomic mass is 10.2. The second kappa shape index (κ2) is 7.06. The lowest BCUT2D eigenvalue weighted by Gasteiger charge is -2.05. The molecule has 0 fully saturated rings. The molecule has 0 aliphatic carbocycles. The number of hydrogen-bond acceptors (Lipinski definition) is 4. The largest absolute Gasteiger partial charge is 0.497 e. The zero-order valence-corrected chi connectivity index (χ0v) is 10.3. The van der Waals surface area contributed by atoms with Crippen molar-refractivity contribution in [2.45, 2.75) is 6.54 Å². The van der Waals surface area contributed by atoms with Crippen molar-refractivity contribution in [1.29, 1.82) is 0 Å². The van der Waals surface area contributed by atoms with Gasteiger partial charge in [-0.25, -0.2) is 0 Å². The summed E-state index contributed by atoms with van der Waals surface area (Å²) in [5, 5.41) is 2.55. The average molecular weight is 259 g/mol. The average Bonchev–Trinajstić information content (AvgIpc) is 2.34. The number of benzene rings is 1. The predicted molar refractivity (Wildman–Crippen MR) is 62.0 cm³/mol. The lowest BCUT2D eigenvalue weighted by molar-refractivity contribution is -0.123. The van der Waals surface area contributed by atoms with E-state index < -0.39 is 20.8 Å². The fourth-order valence-electron chi connectivity index (χ4n) is 1.12. The van der Waals surface area contributed by atoms with Gasteiger partial charge in [-0.15, -0.1) is 0 Å². The summed E-state index contributed by atoms with van der Waals surface area (Å²) in [7, 11) is -1.47. The summed E-state index contributed by atoms with van der Waals surface area (Å²) < 4.78 is 19.5. The predicted octanol–water partition coefficient (Wildman–Crippen LogP) is 0.710. The second-order valence-electron chi connectivity index (χ2n) is 3.18. The van der Waals surface area contributed by atoms with E-state index in [1.165, 1.54) is 0 Å². The third-order valence-electron chi connectivity index (χ3n) is 1.98. The van der Waals surface area contributed by atoms with Crippen LogP contribution in [0.5, 0.6) is 5.75 Å². The molecular formula is C10H14NO5P. The molecule has 0 aliphatic heterocycles. The van der Waals surface area contributed by atoms with Gasteiger partial charge in [0.15, 0.2) is 0 Å². The Kier molecular flexibility index (Phi) is 5.69. The molecule has 7 heteroatoms. The van der Waals surface area contributed by atoms with Crippen LogP contribution in [0.2, 0.25) is 0 Å². The highest BCUT2D eigenvalue weighted by Gasteiger charge is 2.03. The molecule has 0 saturated heterocycles.